The molecule has 5 rings (SSSR count). The number of nitrogens with one attached hydrogen (secondary N) is 2. The minimum absolute atomic E-state index is 0.0356. The van der Waals surface area contributed by atoms with E-state index in [4.69, 9.17) is 4.74 Å². The number of amides is 1. The van der Waals surface area contributed by atoms with E-state index in [1.807, 2.05) is 30.3 Å². The number of rotatable bonds is 8. The fourth-order valence-electron chi connectivity index (χ4n) is 4.86. The monoisotopic (exact) mass is 573 g/mol. The Hall–Kier alpha value is -4.70. The van der Waals surface area contributed by atoms with Crippen molar-refractivity contribution in [1.82, 2.24) is 4.57 Å². The first kappa shape index (κ1) is 27.9. The van der Waals surface area contributed by atoms with Crippen molar-refractivity contribution in [3.05, 3.63) is 102 Å². The van der Waals surface area contributed by atoms with E-state index < -0.39 is 33.8 Å². The molecule has 5 aromatic rings. The van der Waals surface area contributed by atoms with Crippen LogP contribution in [0.4, 0.5) is 15.8 Å². The fraction of sp³-hybridized carbons (Fsp3) is 0.161. The predicted molar refractivity (Wildman–Crippen MR) is 157 cm³/mol. The van der Waals surface area contributed by atoms with Crippen molar-refractivity contribution in [2.75, 3.05) is 10.0 Å². The van der Waals surface area contributed by atoms with Gasteiger partial charge in [0.1, 0.15) is 5.82 Å². The number of aryl methyl sites for hydroxylation is 2. The number of halogens is 1. The smallest absolute Gasteiger partial charge is 0.341 e. The number of esters is 1. The molecule has 1 atom stereocenters. The normalized spacial score (nSPS) is 12.3. The number of para-hydroxylation sites is 2. The van der Waals surface area contributed by atoms with Crippen LogP contribution >= 0.6 is 0 Å². The molecule has 0 aliphatic rings. The molecule has 41 heavy (non-hydrogen) atoms. The Kier molecular flexibility index (Phi) is 7.51. The highest BCUT2D eigenvalue weighted by Gasteiger charge is 2.24. The van der Waals surface area contributed by atoms with Gasteiger partial charge in [0.2, 0.25) is 0 Å². The quantitative estimate of drug-likeness (QED) is 0.214. The van der Waals surface area contributed by atoms with Crippen LogP contribution in [0.15, 0.2) is 89.8 Å². The van der Waals surface area contributed by atoms with Crippen molar-refractivity contribution < 1.29 is 27.1 Å². The number of carbonyl (C=O) groups excluding carboxylic acids is 2. The molecule has 1 unspecified atom stereocenters. The minimum atomic E-state index is -4.14. The van der Waals surface area contributed by atoms with Gasteiger partial charge in [0.25, 0.3) is 15.9 Å². The highest BCUT2D eigenvalue weighted by molar-refractivity contribution is 7.92. The first-order valence-electron chi connectivity index (χ1n) is 13.0. The van der Waals surface area contributed by atoms with Crippen molar-refractivity contribution in [2.45, 2.75) is 38.3 Å². The zero-order valence-electron chi connectivity index (χ0n) is 22.6. The van der Waals surface area contributed by atoms with Gasteiger partial charge in [0, 0.05) is 34.0 Å². The van der Waals surface area contributed by atoms with Crippen LogP contribution < -0.4 is 10.0 Å². The molecule has 0 aliphatic carbocycles. The number of hydrogen-bond acceptors (Lipinski definition) is 5. The van der Waals surface area contributed by atoms with E-state index in [1.165, 1.54) is 26.0 Å². The van der Waals surface area contributed by atoms with Crippen LogP contribution in [0, 0.1) is 12.7 Å². The summed E-state index contributed by atoms with van der Waals surface area (Å²) in [5, 5.41) is 4.85. The Morgan fingerprint density at radius 1 is 0.927 bits per heavy atom. The molecular weight excluding hydrogens is 545 g/mol. The van der Waals surface area contributed by atoms with E-state index >= 15 is 0 Å². The van der Waals surface area contributed by atoms with Crippen molar-refractivity contribution in [3.8, 4) is 0 Å². The number of hydrogen-bond donors (Lipinski definition) is 2. The van der Waals surface area contributed by atoms with Gasteiger partial charge in [-0.15, -0.1) is 0 Å². The van der Waals surface area contributed by atoms with E-state index in [2.05, 4.69) is 27.6 Å². The molecule has 0 saturated carbocycles. The standard InChI is InChI=1S/C31H28FN3O5S/c1-4-35-27-12-8-6-9-23(27)25-18-22(14-15-28(25)35)33-30(36)20(3)40-31(37)24-10-5-7-11-26(24)34-41(38,39)29-16-13-21(32)17-19(29)2/h5-18,20,34H,4H2,1-3H3,(H,33,36). The number of fused-ring (bicyclic) bond motifs is 3. The lowest BCUT2D eigenvalue weighted by Gasteiger charge is -2.16. The molecule has 0 aliphatic heterocycles. The van der Waals surface area contributed by atoms with Crippen LogP contribution in [0.2, 0.25) is 0 Å². The zero-order chi connectivity index (χ0) is 29.3. The first-order valence-corrected chi connectivity index (χ1v) is 14.5. The van der Waals surface area contributed by atoms with Gasteiger partial charge >= 0.3 is 5.97 Å². The summed E-state index contributed by atoms with van der Waals surface area (Å²) in [4.78, 5) is 25.9. The summed E-state index contributed by atoms with van der Waals surface area (Å²) in [6, 6.07) is 22.8. The van der Waals surface area contributed by atoms with Gasteiger partial charge in [0.15, 0.2) is 6.10 Å². The van der Waals surface area contributed by atoms with Gasteiger partial charge in [-0.05, 0) is 80.9 Å². The number of anilines is 2. The predicted octanol–water partition coefficient (Wildman–Crippen LogP) is 6.25. The van der Waals surface area contributed by atoms with Crippen LogP contribution in [0.25, 0.3) is 21.8 Å². The summed E-state index contributed by atoms with van der Waals surface area (Å²) in [7, 11) is -4.14. The number of nitrogens with zero attached hydrogens (tertiary/aromatic N) is 1. The van der Waals surface area contributed by atoms with Crippen molar-refractivity contribution in [3.63, 3.8) is 0 Å². The Bertz CT molecular complexity index is 1920. The molecule has 2 N–H and O–H groups in total. The number of sulfonamides is 1. The SMILES string of the molecule is CCn1c2ccccc2c2cc(NC(=O)C(C)OC(=O)c3ccccc3NS(=O)(=O)c3ccc(F)cc3C)ccc21. The van der Waals surface area contributed by atoms with E-state index in [0.717, 1.165) is 46.5 Å². The minimum Gasteiger partial charge on any atom is -0.449 e. The maximum Gasteiger partial charge on any atom is 0.341 e. The third-order valence-electron chi connectivity index (χ3n) is 6.83. The zero-order valence-corrected chi connectivity index (χ0v) is 23.5. The summed E-state index contributed by atoms with van der Waals surface area (Å²) >= 11 is 0. The maximum atomic E-state index is 13.5. The van der Waals surface area contributed by atoms with E-state index in [9.17, 15) is 22.4 Å². The molecule has 1 amide bonds. The summed E-state index contributed by atoms with van der Waals surface area (Å²) in [6.07, 6.45) is -1.18. The van der Waals surface area contributed by atoms with Gasteiger partial charge in [-0.25, -0.2) is 17.6 Å². The topological polar surface area (TPSA) is 106 Å². The number of ether oxygens (including phenoxy) is 1. The second-order valence-corrected chi connectivity index (χ2v) is 11.2. The highest BCUT2D eigenvalue weighted by atomic mass is 32.2. The molecule has 1 aromatic heterocycles. The van der Waals surface area contributed by atoms with Crippen molar-refractivity contribution in [2.24, 2.45) is 0 Å². The lowest BCUT2D eigenvalue weighted by molar-refractivity contribution is -0.123. The summed E-state index contributed by atoms with van der Waals surface area (Å²) in [6.45, 7) is 5.77. The van der Waals surface area contributed by atoms with Crippen LogP contribution in [0.1, 0.15) is 29.8 Å². The Morgan fingerprint density at radius 2 is 1.63 bits per heavy atom. The lowest BCUT2D eigenvalue weighted by Crippen LogP contribution is -2.30. The third kappa shape index (κ3) is 5.51. The van der Waals surface area contributed by atoms with Crippen LogP contribution in [0.5, 0.6) is 0 Å². The van der Waals surface area contributed by atoms with E-state index in [0.29, 0.717) is 5.69 Å². The Balaban J connectivity index is 1.32. The molecular formula is C31H28FN3O5S. The molecule has 0 saturated heterocycles. The molecule has 1 heterocycles. The maximum absolute atomic E-state index is 13.5. The van der Waals surface area contributed by atoms with Gasteiger partial charge in [-0.1, -0.05) is 30.3 Å². The second kappa shape index (κ2) is 11.1. The van der Waals surface area contributed by atoms with Crippen molar-refractivity contribution in [1.29, 1.82) is 0 Å². The molecule has 210 valence electrons. The molecule has 0 spiro atoms. The van der Waals surface area contributed by atoms with Crippen LogP contribution in [0.3, 0.4) is 0 Å². The highest BCUT2D eigenvalue weighted by Crippen LogP contribution is 2.31. The van der Waals surface area contributed by atoms with Gasteiger partial charge in [0.05, 0.1) is 16.1 Å². The van der Waals surface area contributed by atoms with Gasteiger partial charge in [-0.3, -0.25) is 9.52 Å². The number of benzene rings is 4. The van der Waals surface area contributed by atoms with Crippen LogP contribution in [-0.4, -0.2) is 31.0 Å². The lowest BCUT2D eigenvalue weighted by atomic mass is 10.1. The number of carbonyl (C=O) groups is 2. The first-order chi connectivity index (χ1) is 19.6. The fourth-order valence-corrected chi connectivity index (χ4v) is 6.17. The molecule has 10 heteroatoms. The average molecular weight is 574 g/mol. The average Bonchev–Trinajstić information content (AvgIpc) is 3.25. The number of aromatic nitrogens is 1. The molecule has 0 bridgehead atoms. The molecule has 8 nitrogen and oxygen atoms in total. The largest absolute Gasteiger partial charge is 0.449 e. The van der Waals surface area contributed by atoms with Crippen LogP contribution in [-0.2, 0) is 26.1 Å². The molecule has 0 fully saturated rings. The Labute approximate surface area is 236 Å². The Morgan fingerprint density at radius 3 is 2.39 bits per heavy atom. The molecule has 0 radical (unpaired) electrons. The summed E-state index contributed by atoms with van der Waals surface area (Å²) in [5.74, 6) is -1.99. The summed E-state index contributed by atoms with van der Waals surface area (Å²) in [5.41, 5.74) is 2.78. The van der Waals surface area contributed by atoms with Crippen molar-refractivity contribution >= 4 is 55.1 Å². The third-order valence-corrected chi connectivity index (χ3v) is 8.35. The van der Waals surface area contributed by atoms with E-state index in [1.54, 1.807) is 18.2 Å². The second-order valence-electron chi connectivity index (χ2n) is 9.59. The summed E-state index contributed by atoms with van der Waals surface area (Å²) < 4.78 is 49.4. The molecule has 4 aromatic carbocycles. The van der Waals surface area contributed by atoms with Gasteiger partial charge < -0.3 is 14.6 Å². The van der Waals surface area contributed by atoms with Gasteiger partial charge in [-0.2, -0.15) is 0 Å². The van der Waals surface area contributed by atoms with E-state index in [-0.39, 0.29) is 21.7 Å².